The van der Waals surface area contributed by atoms with E-state index in [-0.39, 0.29) is 23.2 Å². The van der Waals surface area contributed by atoms with Gasteiger partial charge in [-0.1, -0.05) is 31.2 Å². The Morgan fingerprint density at radius 2 is 1.74 bits per heavy atom. The van der Waals surface area contributed by atoms with E-state index < -0.39 is 0 Å². The van der Waals surface area contributed by atoms with E-state index in [1.807, 2.05) is 24.3 Å². The first kappa shape index (κ1) is 16.4. The Labute approximate surface area is 135 Å². The van der Waals surface area contributed by atoms with Crippen LogP contribution in [0.2, 0.25) is 0 Å². The second kappa shape index (κ2) is 7.89. The SMILES string of the molecule is C=CCNC(=O)c1cccc(C(=O)Nc2ccc(CC)cc2)n1. The van der Waals surface area contributed by atoms with Gasteiger partial charge in [-0.25, -0.2) is 4.98 Å². The van der Waals surface area contributed by atoms with Crippen LogP contribution in [0.5, 0.6) is 0 Å². The van der Waals surface area contributed by atoms with Crippen molar-refractivity contribution in [1.29, 1.82) is 0 Å². The molecule has 1 aromatic heterocycles. The fraction of sp³-hybridized carbons (Fsp3) is 0.167. The molecule has 1 heterocycles. The Kier molecular flexibility index (Phi) is 5.63. The third kappa shape index (κ3) is 4.51. The van der Waals surface area contributed by atoms with Crippen molar-refractivity contribution in [3.63, 3.8) is 0 Å². The van der Waals surface area contributed by atoms with Crippen LogP contribution in [0.1, 0.15) is 33.5 Å². The van der Waals surface area contributed by atoms with E-state index in [1.54, 1.807) is 24.3 Å². The number of carbonyl (C=O) groups excluding carboxylic acids is 2. The van der Waals surface area contributed by atoms with E-state index in [0.29, 0.717) is 12.2 Å². The van der Waals surface area contributed by atoms with Crippen LogP contribution in [0.15, 0.2) is 55.1 Å². The number of nitrogens with zero attached hydrogens (tertiary/aromatic N) is 1. The van der Waals surface area contributed by atoms with Crippen molar-refractivity contribution < 1.29 is 9.59 Å². The zero-order valence-corrected chi connectivity index (χ0v) is 13.0. The molecule has 0 atom stereocenters. The number of rotatable bonds is 6. The predicted molar refractivity (Wildman–Crippen MR) is 90.5 cm³/mol. The minimum Gasteiger partial charge on any atom is -0.347 e. The molecule has 0 aliphatic carbocycles. The molecule has 23 heavy (non-hydrogen) atoms. The molecule has 2 rings (SSSR count). The normalized spacial score (nSPS) is 9.96. The highest BCUT2D eigenvalue weighted by Gasteiger charge is 2.12. The zero-order chi connectivity index (χ0) is 16.7. The smallest absolute Gasteiger partial charge is 0.274 e. The van der Waals surface area contributed by atoms with Gasteiger partial charge in [0.25, 0.3) is 11.8 Å². The molecule has 0 aliphatic rings. The molecule has 2 aromatic rings. The summed E-state index contributed by atoms with van der Waals surface area (Å²) in [4.78, 5) is 28.2. The number of pyridine rings is 1. The molecule has 0 radical (unpaired) electrons. The second-order valence-electron chi connectivity index (χ2n) is 4.91. The Morgan fingerprint density at radius 1 is 1.09 bits per heavy atom. The summed E-state index contributed by atoms with van der Waals surface area (Å²) in [5.74, 6) is -0.695. The number of carbonyl (C=O) groups is 2. The van der Waals surface area contributed by atoms with E-state index >= 15 is 0 Å². The van der Waals surface area contributed by atoms with Gasteiger partial charge in [-0.05, 0) is 36.2 Å². The van der Waals surface area contributed by atoms with Gasteiger partial charge in [-0.2, -0.15) is 0 Å². The molecule has 5 nitrogen and oxygen atoms in total. The number of amides is 2. The maximum atomic E-state index is 12.2. The van der Waals surface area contributed by atoms with Crippen molar-refractivity contribution >= 4 is 17.5 Å². The molecule has 0 unspecified atom stereocenters. The van der Waals surface area contributed by atoms with Gasteiger partial charge in [0.15, 0.2) is 0 Å². The summed E-state index contributed by atoms with van der Waals surface area (Å²) in [6.45, 7) is 5.95. The molecule has 0 spiro atoms. The fourth-order valence-corrected chi connectivity index (χ4v) is 1.96. The molecule has 2 amide bonds. The maximum Gasteiger partial charge on any atom is 0.274 e. The van der Waals surface area contributed by atoms with E-state index in [9.17, 15) is 9.59 Å². The van der Waals surface area contributed by atoms with Gasteiger partial charge in [0, 0.05) is 12.2 Å². The average molecular weight is 309 g/mol. The quantitative estimate of drug-likeness (QED) is 0.806. The first-order chi connectivity index (χ1) is 11.1. The lowest BCUT2D eigenvalue weighted by atomic mass is 10.1. The van der Waals surface area contributed by atoms with E-state index in [1.165, 1.54) is 5.56 Å². The van der Waals surface area contributed by atoms with Crippen LogP contribution in [-0.4, -0.2) is 23.3 Å². The third-order valence-corrected chi connectivity index (χ3v) is 3.24. The highest BCUT2D eigenvalue weighted by molar-refractivity contribution is 6.03. The predicted octanol–water partition coefficient (Wildman–Crippen LogP) is 2.81. The first-order valence-corrected chi connectivity index (χ1v) is 7.40. The average Bonchev–Trinajstić information content (AvgIpc) is 2.60. The molecule has 0 saturated carbocycles. The molecule has 5 heteroatoms. The largest absolute Gasteiger partial charge is 0.347 e. The monoisotopic (exact) mass is 309 g/mol. The Hall–Kier alpha value is -2.95. The number of aromatic nitrogens is 1. The summed E-state index contributed by atoms with van der Waals surface area (Å²) in [5.41, 5.74) is 2.27. The molecule has 118 valence electrons. The number of hydrogen-bond acceptors (Lipinski definition) is 3. The van der Waals surface area contributed by atoms with Gasteiger partial charge < -0.3 is 10.6 Å². The minimum absolute atomic E-state index is 0.191. The van der Waals surface area contributed by atoms with Crippen molar-refractivity contribution in [2.45, 2.75) is 13.3 Å². The topological polar surface area (TPSA) is 71.1 Å². The molecular formula is C18H19N3O2. The number of anilines is 1. The van der Waals surface area contributed by atoms with Crippen molar-refractivity contribution in [1.82, 2.24) is 10.3 Å². The van der Waals surface area contributed by atoms with Crippen LogP contribution < -0.4 is 10.6 Å². The maximum absolute atomic E-state index is 12.2. The summed E-state index contributed by atoms with van der Waals surface area (Å²) in [6, 6.07) is 12.4. The molecular weight excluding hydrogens is 290 g/mol. The fourth-order valence-electron chi connectivity index (χ4n) is 1.96. The third-order valence-electron chi connectivity index (χ3n) is 3.24. The number of aryl methyl sites for hydroxylation is 1. The second-order valence-corrected chi connectivity index (χ2v) is 4.91. The molecule has 1 aromatic carbocycles. The summed E-state index contributed by atoms with van der Waals surface area (Å²) in [5, 5.41) is 5.40. The number of hydrogen-bond donors (Lipinski definition) is 2. The van der Waals surface area contributed by atoms with Crippen LogP contribution in [0.4, 0.5) is 5.69 Å². The van der Waals surface area contributed by atoms with E-state index in [0.717, 1.165) is 6.42 Å². The summed E-state index contributed by atoms with van der Waals surface area (Å²) in [6.07, 6.45) is 2.52. The zero-order valence-electron chi connectivity index (χ0n) is 13.0. The summed E-state index contributed by atoms with van der Waals surface area (Å²) < 4.78 is 0. The first-order valence-electron chi connectivity index (χ1n) is 7.40. The standard InChI is InChI=1S/C18H19N3O2/c1-3-12-19-17(22)15-6-5-7-16(21-15)18(23)20-14-10-8-13(4-2)9-11-14/h3,5-11H,1,4,12H2,2H3,(H,19,22)(H,20,23). The van der Waals surface area contributed by atoms with Crippen molar-refractivity contribution in [3.8, 4) is 0 Å². The summed E-state index contributed by atoms with van der Waals surface area (Å²) >= 11 is 0. The van der Waals surface area contributed by atoms with E-state index in [2.05, 4.69) is 29.1 Å². The van der Waals surface area contributed by atoms with Crippen molar-refractivity contribution in [3.05, 3.63) is 72.1 Å². The Morgan fingerprint density at radius 3 is 2.35 bits per heavy atom. The van der Waals surface area contributed by atoms with Gasteiger partial charge in [0.05, 0.1) is 0 Å². The van der Waals surface area contributed by atoms with Crippen molar-refractivity contribution in [2.24, 2.45) is 0 Å². The van der Waals surface area contributed by atoms with Crippen LogP contribution in [0.3, 0.4) is 0 Å². The lowest BCUT2D eigenvalue weighted by Crippen LogP contribution is -2.25. The lowest BCUT2D eigenvalue weighted by Gasteiger charge is -2.07. The van der Waals surface area contributed by atoms with Gasteiger partial charge in [-0.3, -0.25) is 9.59 Å². The van der Waals surface area contributed by atoms with Gasteiger partial charge >= 0.3 is 0 Å². The van der Waals surface area contributed by atoms with Gasteiger partial charge in [0.1, 0.15) is 11.4 Å². The number of benzene rings is 1. The lowest BCUT2D eigenvalue weighted by molar-refractivity contribution is 0.0953. The van der Waals surface area contributed by atoms with Gasteiger partial charge in [0.2, 0.25) is 0 Å². The van der Waals surface area contributed by atoms with Crippen LogP contribution in [-0.2, 0) is 6.42 Å². The van der Waals surface area contributed by atoms with Crippen LogP contribution in [0.25, 0.3) is 0 Å². The van der Waals surface area contributed by atoms with Gasteiger partial charge in [-0.15, -0.1) is 6.58 Å². The minimum atomic E-state index is -0.354. The number of nitrogens with one attached hydrogen (secondary N) is 2. The molecule has 0 saturated heterocycles. The van der Waals surface area contributed by atoms with Crippen LogP contribution in [0, 0.1) is 0 Å². The summed E-state index contributed by atoms with van der Waals surface area (Å²) in [7, 11) is 0. The Balaban J connectivity index is 2.09. The highest BCUT2D eigenvalue weighted by atomic mass is 16.2. The van der Waals surface area contributed by atoms with Crippen molar-refractivity contribution in [2.75, 3.05) is 11.9 Å². The van der Waals surface area contributed by atoms with Crippen LogP contribution >= 0.6 is 0 Å². The molecule has 0 aliphatic heterocycles. The highest BCUT2D eigenvalue weighted by Crippen LogP contribution is 2.11. The molecule has 0 bridgehead atoms. The Bertz CT molecular complexity index is 708. The molecule has 0 fully saturated rings. The molecule has 2 N–H and O–H groups in total. The van der Waals surface area contributed by atoms with E-state index in [4.69, 9.17) is 0 Å².